The molecule has 0 fully saturated rings. The number of aromatic nitrogens is 4. The Morgan fingerprint density at radius 3 is 1.95 bits per heavy atom. The zero-order valence-corrected chi connectivity index (χ0v) is 11.8. The molecule has 4 N–H and O–H groups in total. The molecule has 0 unspecified atom stereocenters. The van der Waals surface area contributed by atoms with Gasteiger partial charge in [-0.25, -0.2) is 9.97 Å². The molecular formula is C13H10N4O4S. The fourth-order valence-electron chi connectivity index (χ4n) is 2.21. The summed E-state index contributed by atoms with van der Waals surface area (Å²) in [5, 5.41) is 21.7. The fourth-order valence-corrected chi connectivity index (χ4v) is 3.05. The molecule has 0 aromatic carbocycles. The van der Waals surface area contributed by atoms with Crippen LogP contribution in [-0.2, 0) is 0 Å². The summed E-state index contributed by atoms with van der Waals surface area (Å²) in [5.74, 6) is -2.00. The number of hydrogen-bond donors (Lipinski definition) is 4. The molecule has 0 bridgehead atoms. The second kappa shape index (κ2) is 5.45. The standard InChI is InChI=1S/C13H10N4O4S/c18-10-8(11(19)15-4-14-10)7(6-2-1-3-22-6)9-12(20)16-5-17-13(9)21/h1-5,7H,(H2,14,15,18,19)(H2,16,17,20,21). The van der Waals surface area contributed by atoms with Crippen LogP contribution in [0.5, 0.6) is 11.8 Å². The zero-order valence-electron chi connectivity index (χ0n) is 11.0. The Labute approximate surface area is 126 Å². The summed E-state index contributed by atoms with van der Waals surface area (Å²) in [6.45, 7) is 0. The van der Waals surface area contributed by atoms with Gasteiger partial charge in [-0.15, -0.1) is 11.3 Å². The number of aromatic hydroxyl groups is 2. The van der Waals surface area contributed by atoms with E-state index in [-0.39, 0.29) is 11.1 Å². The molecule has 0 saturated carbocycles. The van der Waals surface area contributed by atoms with Crippen molar-refractivity contribution >= 4 is 11.3 Å². The van der Waals surface area contributed by atoms with E-state index in [4.69, 9.17) is 0 Å². The van der Waals surface area contributed by atoms with Gasteiger partial charge in [0.1, 0.15) is 0 Å². The van der Waals surface area contributed by atoms with Crippen molar-refractivity contribution in [1.82, 2.24) is 19.9 Å². The van der Waals surface area contributed by atoms with E-state index < -0.39 is 28.8 Å². The Morgan fingerprint density at radius 2 is 1.55 bits per heavy atom. The molecule has 3 aromatic rings. The van der Waals surface area contributed by atoms with Gasteiger partial charge in [-0.2, -0.15) is 0 Å². The first-order chi connectivity index (χ1) is 10.6. The lowest BCUT2D eigenvalue weighted by Gasteiger charge is -2.15. The Hall–Kier alpha value is -2.94. The van der Waals surface area contributed by atoms with E-state index in [1.54, 1.807) is 17.5 Å². The van der Waals surface area contributed by atoms with E-state index in [9.17, 15) is 19.8 Å². The normalized spacial score (nSPS) is 11.0. The van der Waals surface area contributed by atoms with Crippen molar-refractivity contribution in [2.45, 2.75) is 5.92 Å². The maximum absolute atomic E-state index is 12.1. The molecule has 3 rings (SSSR count). The largest absolute Gasteiger partial charge is 0.493 e. The summed E-state index contributed by atoms with van der Waals surface area (Å²) >= 11 is 1.27. The Morgan fingerprint density at radius 1 is 1.00 bits per heavy atom. The molecule has 0 spiro atoms. The van der Waals surface area contributed by atoms with Gasteiger partial charge in [-0.05, 0) is 11.4 Å². The van der Waals surface area contributed by atoms with Crippen molar-refractivity contribution in [2.75, 3.05) is 0 Å². The summed E-state index contributed by atoms with van der Waals surface area (Å²) in [7, 11) is 0. The van der Waals surface area contributed by atoms with Crippen LogP contribution in [0.3, 0.4) is 0 Å². The molecule has 0 aliphatic rings. The molecule has 3 aromatic heterocycles. The first-order valence-corrected chi connectivity index (χ1v) is 7.04. The Bertz CT molecular complexity index is 857. The highest BCUT2D eigenvalue weighted by atomic mass is 32.1. The van der Waals surface area contributed by atoms with Gasteiger partial charge in [0.15, 0.2) is 0 Å². The van der Waals surface area contributed by atoms with E-state index in [1.807, 2.05) is 0 Å². The molecule has 0 saturated heterocycles. The van der Waals surface area contributed by atoms with Crippen LogP contribution in [0.1, 0.15) is 21.9 Å². The number of nitrogens with zero attached hydrogens (tertiary/aromatic N) is 2. The average molecular weight is 318 g/mol. The van der Waals surface area contributed by atoms with Crippen molar-refractivity contribution < 1.29 is 10.2 Å². The smallest absolute Gasteiger partial charge is 0.258 e. The molecule has 0 aliphatic heterocycles. The van der Waals surface area contributed by atoms with Gasteiger partial charge in [-0.3, -0.25) is 9.59 Å². The minimum atomic E-state index is -0.977. The van der Waals surface area contributed by atoms with Gasteiger partial charge < -0.3 is 20.2 Å². The second-order valence-corrected chi connectivity index (χ2v) is 5.37. The summed E-state index contributed by atoms with van der Waals surface area (Å²) in [6, 6.07) is 3.42. The van der Waals surface area contributed by atoms with Gasteiger partial charge in [0.2, 0.25) is 11.8 Å². The second-order valence-electron chi connectivity index (χ2n) is 4.39. The van der Waals surface area contributed by atoms with E-state index >= 15 is 0 Å². The van der Waals surface area contributed by atoms with Crippen LogP contribution in [0.4, 0.5) is 0 Å². The molecule has 0 radical (unpaired) electrons. The first kappa shape index (κ1) is 14.0. The molecular weight excluding hydrogens is 308 g/mol. The molecule has 112 valence electrons. The zero-order chi connectivity index (χ0) is 15.7. The molecule has 22 heavy (non-hydrogen) atoms. The Balaban J connectivity index is 2.36. The number of hydrogen-bond acceptors (Lipinski definition) is 7. The number of rotatable bonds is 3. The maximum atomic E-state index is 12.1. The molecule has 0 aliphatic carbocycles. The van der Waals surface area contributed by atoms with E-state index in [1.165, 1.54) is 11.3 Å². The summed E-state index contributed by atoms with van der Waals surface area (Å²) in [5.41, 5.74) is -1.46. The topological polar surface area (TPSA) is 132 Å². The summed E-state index contributed by atoms with van der Waals surface area (Å²) in [4.78, 5) is 36.8. The third kappa shape index (κ3) is 2.27. The van der Waals surface area contributed by atoms with Crippen molar-refractivity contribution in [3.63, 3.8) is 0 Å². The monoisotopic (exact) mass is 318 g/mol. The third-order valence-electron chi connectivity index (χ3n) is 3.14. The van der Waals surface area contributed by atoms with Crippen molar-refractivity contribution in [3.8, 4) is 11.8 Å². The van der Waals surface area contributed by atoms with Crippen molar-refractivity contribution in [1.29, 1.82) is 0 Å². The first-order valence-electron chi connectivity index (χ1n) is 6.16. The minimum Gasteiger partial charge on any atom is -0.493 e. The molecule has 9 heteroatoms. The molecule has 8 nitrogen and oxygen atoms in total. The number of nitrogens with one attached hydrogen (secondary N) is 2. The third-order valence-corrected chi connectivity index (χ3v) is 4.08. The van der Waals surface area contributed by atoms with Gasteiger partial charge in [0.05, 0.1) is 29.7 Å². The van der Waals surface area contributed by atoms with Gasteiger partial charge in [-0.1, -0.05) is 6.07 Å². The van der Waals surface area contributed by atoms with Crippen molar-refractivity contribution in [2.24, 2.45) is 0 Å². The van der Waals surface area contributed by atoms with Gasteiger partial charge >= 0.3 is 0 Å². The summed E-state index contributed by atoms with van der Waals surface area (Å²) in [6.07, 6.45) is 2.11. The lowest BCUT2D eigenvalue weighted by Crippen LogP contribution is -2.24. The van der Waals surface area contributed by atoms with Gasteiger partial charge in [0, 0.05) is 4.88 Å². The number of H-pyrrole nitrogens is 2. The predicted octanol–water partition coefficient (Wildman–Crippen LogP) is 0.506. The van der Waals surface area contributed by atoms with Gasteiger partial charge in [0.25, 0.3) is 11.1 Å². The highest BCUT2D eigenvalue weighted by molar-refractivity contribution is 7.10. The highest BCUT2D eigenvalue weighted by Crippen LogP contribution is 2.36. The molecule has 3 heterocycles. The maximum Gasteiger partial charge on any atom is 0.258 e. The van der Waals surface area contributed by atoms with Crippen LogP contribution in [-0.4, -0.2) is 30.1 Å². The van der Waals surface area contributed by atoms with E-state index in [0.29, 0.717) is 4.88 Å². The lowest BCUT2D eigenvalue weighted by atomic mass is 9.92. The van der Waals surface area contributed by atoms with Crippen molar-refractivity contribution in [3.05, 3.63) is 66.9 Å². The molecule has 0 atom stereocenters. The van der Waals surface area contributed by atoms with Crippen LogP contribution in [0.25, 0.3) is 0 Å². The van der Waals surface area contributed by atoms with Crippen LogP contribution in [0.15, 0.2) is 39.8 Å². The molecule has 0 amide bonds. The number of thiophene rings is 1. The fraction of sp³-hybridized carbons (Fsp3) is 0.0769. The van der Waals surface area contributed by atoms with E-state index in [0.717, 1.165) is 12.7 Å². The SMILES string of the molecule is O=c1[nH]cnc(O)c1C(c1cccs1)c1c(O)nc[nH]c1=O. The van der Waals surface area contributed by atoms with Crippen LogP contribution in [0, 0.1) is 0 Å². The lowest BCUT2D eigenvalue weighted by molar-refractivity contribution is 0.432. The average Bonchev–Trinajstić information content (AvgIpc) is 2.98. The Kier molecular flexibility index (Phi) is 3.47. The van der Waals surface area contributed by atoms with Crippen LogP contribution in [0.2, 0.25) is 0 Å². The minimum absolute atomic E-state index is 0.126. The van der Waals surface area contributed by atoms with Crippen LogP contribution >= 0.6 is 11.3 Å². The number of aromatic amines is 2. The predicted molar refractivity (Wildman–Crippen MR) is 78.3 cm³/mol. The highest BCUT2D eigenvalue weighted by Gasteiger charge is 2.30. The summed E-state index contributed by atoms with van der Waals surface area (Å²) < 4.78 is 0. The van der Waals surface area contributed by atoms with E-state index in [2.05, 4.69) is 19.9 Å². The van der Waals surface area contributed by atoms with Crippen LogP contribution < -0.4 is 11.1 Å². The quantitative estimate of drug-likeness (QED) is 0.556.